The van der Waals surface area contributed by atoms with Crippen molar-refractivity contribution in [2.24, 2.45) is 0 Å². The molecule has 0 bridgehead atoms. The Labute approximate surface area is 143 Å². The van der Waals surface area contributed by atoms with Gasteiger partial charge in [-0.15, -0.1) is 0 Å². The number of rotatable bonds is 4. The van der Waals surface area contributed by atoms with Gasteiger partial charge in [-0.3, -0.25) is 14.1 Å². The summed E-state index contributed by atoms with van der Waals surface area (Å²) >= 11 is 3.44. The van der Waals surface area contributed by atoms with Gasteiger partial charge in [0.25, 0.3) is 5.56 Å². The van der Waals surface area contributed by atoms with Crippen LogP contribution in [-0.4, -0.2) is 21.3 Å². The maximum absolute atomic E-state index is 12.3. The second-order valence-electron chi connectivity index (χ2n) is 5.75. The van der Waals surface area contributed by atoms with E-state index in [2.05, 4.69) is 37.9 Å². The molecule has 0 aliphatic rings. The van der Waals surface area contributed by atoms with Crippen molar-refractivity contribution >= 4 is 21.6 Å². The van der Waals surface area contributed by atoms with E-state index in [1.165, 1.54) is 5.56 Å². The third-order valence-corrected chi connectivity index (χ3v) is 4.26. The highest BCUT2D eigenvalue weighted by Gasteiger charge is 2.07. The van der Waals surface area contributed by atoms with Gasteiger partial charge in [0.15, 0.2) is 0 Å². The predicted octanol–water partition coefficient (Wildman–Crippen LogP) is 3.40. The Kier molecular flexibility index (Phi) is 4.59. The highest BCUT2D eigenvalue weighted by Crippen LogP contribution is 2.13. The van der Waals surface area contributed by atoms with Crippen LogP contribution in [0.4, 0.5) is 0 Å². The van der Waals surface area contributed by atoms with Gasteiger partial charge in [-0.05, 0) is 43.8 Å². The zero-order valence-electron chi connectivity index (χ0n) is 13.2. The first kappa shape index (κ1) is 15.9. The molecule has 0 fully saturated rings. The second-order valence-corrected chi connectivity index (χ2v) is 6.66. The molecule has 3 rings (SSSR count). The van der Waals surface area contributed by atoms with Crippen molar-refractivity contribution in [3.63, 3.8) is 0 Å². The summed E-state index contributed by atoms with van der Waals surface area (Å²) in [5.74, 6) is 0. The van der Waals surface area contributed by atoms with E-state index < -0.39 is 0 Å². The van der Waals surface area contributed by atoms with E-state index in [-0.39, 0.29) is 5.56 Å². The highest BCUT2D eigenvalue weighted by molar-refractivity contribution is 9.10. The van der Waals surface area contributed by atoms with Gasteiger partial charge in [0, 0.05) is 29.3 Å². The molecule has 5 heteroatoms. The number of halogens is 1. The van der Waals surface area contributed by atoms with Crippen LogP contribution in [0.25, 0.3) is 5.65 Å². The Balaban J connectivity index is 1.81. The Hall–Kier alpha value is -1.98. The number of nitrogens with zero attached hydrogens (tertiary/aromatic N) is 3. The van der Waals surface area contributed by atoms with Crippen LogP contribution in [0.1, 0.15) is 17.0 Å². The summed E-state index contributed by atoms with van der Waals surface area (Å²) in [7, 11) is 2.03. The predicted molar refractivity (Wildman–Crippen MR) is 95.5 cm³/mol. The smallest absolute Gasteiger partial charge is 0.258 e. The lowest BCUT2D eigenvalue weighted by atomic mass is 10.2. The maximum Gasteiger partial charge on any atom is 0.258 e. The van der Waals surface area contributed by atoms with Crippen LogP contribution in [0.5, 0.6) is 0 Å². The largest absolute Gasteiger partial charge is 0.296 e. The van der Waals surface area contributed by atoms with Crippen LogP contribution < -0.4 is 5.56 Å². The molecule has 0 unspecified atom stereocenters. The monoisotopic (exact) mass is 371 g/mol. The van der Waals surface area contributed by atoms with Gasteiger partial charge in [-0.1, -0.05) is 34.1 Å². The van der Waals surface area contributed by atoms with Crippen molar-refractivity contribution in [2.45, 2.75) is 20.0 Å². The molecule has 1 aromatic carbocycles. The number of benzene rings is 1. The molecule has 0 aliphatic carbocycles. The minimum atomic E-state index is -0.0276. The van der Waals surface area contributed by atoms with E-state index in [1.807, 2.05) is 44.3 Å². The van der Waals surface area contributed by atoms with Crippen molar-refractivity contribution in [1.82, 2.24) is 14.3 Å². The van der Waals surface area contributed by atoms with Crippen molar-refractivity contribution in [3.8, 4) is 0 Å². The van der Waals surface area contributed by atoms with E-state index in [9.17, 15) is 4.79 Å². The number of pyridine rings is 1. The summed E-state index contributed by atoms with van der Waals surface area (Å²) in [5.41, 5.74) is 3.59. The molecule has 4 nitrogen and oxygen atoms in total. The zero-order valence-corrected chi connectivity index (χ0v) is 14.7. The molecule has 0 saturated heterocycles. The minimum Gasteiger partial charge on any atom is -0.296 e. The lowest BCUT2D eigenvalue weighted by molar-refractivity contribution is 0.315. The molecule has 0 aliphatic heterocycles. The van der Waals surface area contributed by atoms with Crippen molar-refractivity contribution in [2.75, 3.05) is 7.05 Å². The number of fused-ring (bicyclic) bond motifs is 1. The fraction of sp³-hybridized carbons (Fsp3) is 0.222. The molecule has 23 heavy (non-hydrogen) atoms. The van der Waals surface area contributed by atoms with Crippen LogP contribution >= 0.6 is 15.9 Å². The number of aromatic nitrogens is 2. The van der Waals surface area contributed by atoms with E-state index in [0.29, 0.717) is 12.2 Å². The average Bonchev–Trinajstić information content (AvgIpc) is 2.49. The molecule has 0 amide bonds. The molecule has 2 heterocycles. The molecule has 0 spiro atoms. The third-order valence-electron chi connectivity index (χ3n) is 3.73. The van der Waals surface area contributed by atoms with Crippen LogP contribution in [-0.2, 0) is 13.1 Å². The topological polar surface area (TPSA) is 37.6 Å². The maximum atomic E-state index is 12.3. The fourth-order valence-electron chi connectivity index (χ4n) is 2.68. The van der Waals surface area contributed by atoms with E-state index in [4.69, 9.17) is 0 Å². The SMILES string of the molecule is Cc1cccc2nc(CN(C)Cc3ccc(Br)cc3)cc(=O)n12. The van der Waals surface area contributed by atoms with Crippen molar-refractivity contribution in [1.29, 1.82) is 0 Å². The third kappa shape index (κ3) is 3.68. The first-order chi connectivity index (χ1) is 11.0. The first-order valence-corrected chi connectivity index (χ1v) is 8.23. The number of aryl methyl sites for hydroxylation is 1. The molecule has 0 saturated carbocycles. The molecule has 0 atom stereocenters. The Morgan fingerprint density at radius 1 is 1.13 bits per heavy atom. The molecule has 3 aromatic rings. The molecule has 118 valence electrons. The Morgan fingerprint density at radius 3 is 2.61 bits per heavy atom. The van der Waals surface area contributed by atoms with Crippen LogP contribution in [0.3, 0.4) is 0 Å². The van der Waals surface area contributed by atoms with Crippen molar-refractivity contribution in [3.05, 3.63) is 80.3 Å². The van der Waals surface area contributed by atoms with Gasteiger partial charge < -0.3 is 0 Å². The van der Waals surface area contributed by atoms with Gasteiger partial charge in [0.2, 0.25) is 0 Å². The second kappa shape index (κ2) is 6.64. The first-order valence-electron chi connectivity index (χ1n) is 7.44. The van der Waals surface area contributed by atoms with Gasteiger partial charge >= 0.3 is 0 Å². The lowest BCUT2D eigenvalue weighted by Gasteiger charge is -2.16. The standard InChI is InChI=1S/C18H18BrN3O/c1-13-4-3-5-17-20-16(10-18(23)22(13)17)12-21(2)11-14-6-8-15(19)9-7-14/h3-10H,11-12H2,1-2H3. The minimum absolute atomic E-state index is 0.0276. The van der Waals surface area contributed by atoms with Crippen LogP contribution in [0, 0.1) is 6.92 Å². The van der Waals surface area contributed by atoms with E-state index in [1.54, 1.807) is 10.5 Å². The summed E-state index contributed by atoms with van der Waals surface area (Å²) in [6, 6.07) is 15.6. The summed E-state index contributed by atoms with van der Waals surface area (Å²) in [5, 5.41) is 0. The Bertz CT molecular complexity index is 887. The highest BCUT2D eigenvalue weighted by atomic mass is 79.9. The molecule has 2 aromatic heterocycles. The average molecular weight is 372 g/mol. The van der Waals surface area contributed by atoms with Gasteiger partial charge in [-0.2, -0.15) is 0 Å². The molecular weight excluding hydrogens is 354 g/mol. The summed E-state index contributed by atoms with van der Waals surface area (Å²) in [6.45, 7) is 3.35. The van der Waals surface area contributed by atoms with E-state index in [0.717, 1.165) is 22.4 Å². The summed E-state index contributed by atoms with van der Waals surface area (Å²) in [6.07, 6.45) is 0. The zero-order chi connectivity index (χ0) is 16.4. The van der Waals surface area contributed by atoms with Crippen LogP contribution in [0.2, 0.25) is 0 Å². The Morgan fingerprint density at radius 2 is 1.87 bits per heavy atom. The molecule has 0 N–H and O–H groups in total. The van der Waals surface area contributed by atoms with Gasteiger partial charge in [0.05, 0.1) is 5.69 Å². The molecule has 0 radical (unpaired) electrons. The van der Waals surface area contributed by atoms with Gasteiger partial charge in [0.1, 0.15) is 5.65 Å². The summed E-state index contributed by atoms with van der Waals surface area (Å²) in [4.78, 5) is 19.1. The normalized spacial score (nSPS) is 11.3. The van der Waals surface area contributed by atoms with E-state index >= 15 is 0 Å². The van der Waals surface area contributed by atoms with Crippen LogP contribution in [0.15, 0.2) is 57.8 Å². The molecular formula is C18H18BrN3O. The number of hydrogen-bond donors (Lipinski definition) is 0. The summed E-state index contributed by atoms with van der Waals surface area (Å²) < 4.78 is 2.71. The quantitative estimate of drug-likeness (QED) is 0.705. The fourth-order valence-corrected chi connectivity index (χ4v) is 2.94. The lowest BCUT2D eigenvalue weighted by Crippen LogP contribution is -2.22. The number of hydrogen-bond acceptors (Lipinski definition) is 3. The van der Waals surface area contributed by atoms with Gasteiger partial charge in [-0.25, -0.2) is 4.98 Å². The van der Waals surface area contributed by atoms with Crippen molar-refractivity contribution < 1.29 is 0 Å².